The summed E-state index contributed by atoms with van der Waals surface area (Å²) in [6.07, 6.45) is 14.1. The highest BCUT2D eigenvalue weighted by molar-refractivity contribution is 7.92. The molecule has 0 bridgehead atoms. The van der Waals surface area contributed by atoms with E-state index in [4.69, 9.17) is 5.73 Å². The Kier molecular flexibility index (Phi) is 9.57. The fourth-order valence-corrected chi connectivity index (χ4v) is 5.44. The van der Waals surface area contributed by atoms with Crippen LogP contribution in [-0.4, -0.2) is 25.5 Å². The first-order valence-corrected chi connectivity index (χ1v) is 10.8. The predicted molar refractivity (Wildman–Crippen MR) is 91.2 cm³/mol. The minimum absolute atomic E-state index is 0.156. The van der Waals surface area contributed by atoms with Crippen LogP contribution in [0.3, 0.4) is 0 Å². The Hall–Kier alpha value is -0.0900. The van der Waals surface area contributed by atoms with Crippen LogP contribution in [0.15, 0.2) is 0 Å². The highest BCUT2D eigenvalue weighted by Crippen LogP contribution is 2.22. The molecule has 1 aliphatic rings. The van der Waals surface area contributed by atoms with Crippen LogP contribution in [0.1, 0.15) is 90.4 Å². The summed E-state index contributed by atoms with van der Waals surface area (Å²) in [5.74, 6) is 0.333. The molecule has 1 rings (SSSR count). The summed E-state index contributed by atoms with van der Waals surface area (Å²) in [6.45, 7) is 2.11. The molecule has 2 N–H and O–H groups in total. The van der Waals surface area contributed by atoms with Gasteiger partial charge in [-0.25, -0.2) is 8.42 Å². The molecular weight excluding hydrogens is 282 g/mol. The van der Waals surface area contributed by atoms with Gasteiger partial charge < -0.3 is 5.73 Å². The zero-order chi connectivity index (χ0) is 15.6. The Balaban J connectivity index is 2.62. The van der Waals surface area contributed by atoms with Gasteiger partial charge in [-0.05, 0) is 19.3 Å². The summed E-state index contributed by atoms with van der Waals surface area (Å²) in [5.41, 5.74) is 6.27. The van der Waals surface area contributed by atoms with Gasteiger partial charge in [0.15, 0.2) is 9.84 Å². The third-order valence-corrected chi connectivity index (χ3v) is 7.11. The van der Waals surface area contributed by atoms with Crippen LogP contribution in [-0.2, 0) is 9.84 Å². The SMILES string of the molecule is CCCCCS(=O)(=O)C1CCCCCCCCCCC1N. The van der Waals surface area contributed by atoms with E-state index in [1.165, 1.54) is 32.1 Å². The monoisotopic (exact) mass is 317 g/mol. The lowest BCUT2D eigenvalue weighted by Crippen LogP contribution is -2.41. The van der Waals surface area contributed by atoms with Crippen molar-refractivity contribution in [2.75, 3.05) is 5.75 Å². The molecule has 2 unspecified atom stereocenters. The predicted octanol–water partition coefficient (Wildman–Crippen LogP) is 4.20. The third-order valence-electron chi connectivity index (χ3n) is 4.75. The number of nitrogens with two attached hydrogens (primary N) is 1. The van der Waals surface area contributed by atoms with Crippen LogP contribution in [0.2, 0.25) is 0 Å². The van der Waals surface area contributed by atoms with E-state index in [0.717, 1.165) is 51.4 Å². The van der Waals surface area contributed by atoms with Gasteiger partial charge in [0.2, 0.25) is 0 Å². The van der Waals surface area contributed by atoms with Gasteiger partial charge in [-0.1, -0.05) is 71.1 Å². The average molecular weight is 318 g/mol. The first kappa shape index (κ1) is 19.0. The van der Waals surface area contributed by atoms with E-state index in [1.807, 2.05) is 0 Å². The molecule has 3 nitrogen and oxygen atoms in total. The van der Waals surface area contributed by atoms with Crippen LogP contribution in [0.25, 0.3) is 0 Å². The van der Waals surface area contributed by atoms with Gasteiger partial charge in [0.25, 0.3) is 0 Å². The Labute approximate surface area is 132 Å². The lowest BCUT2D eigenvalue weighted by molar-refractivity contribution is 0.455. The molecule has 0 aromatic carbocycles. The van der Waals surface area contributed by atoms with E-state index in [2.05, 4.69) is 6.92 Å². The minimum atomic E-state index is -3.02. The van der Waals surface area contributed by atoms with Crippen LogP contribution in [0, 0.1) is 0 Å². The van der Waals surface area contributed by atoms with Crippen molar-refractivity contribution in [3.8, 4) is 0 Å². The summed E-state index contributed by atoms with van der Waals surface area (Å²) in [7, 11) is -3.02. The van der Waals surface area contributed by atoms with E-state index in [9.17, 15) is 8.42 Å². The summed E-state index contributed by atoms with van der Waals surface area (Å²) < 4.78 is 25.2. The normalized spacial score (nSPS) is 26.8. The van der Waals surface area contributed by atoms with E-state index in [-0.39, 0.29) is 11.3 Å². The molecule has 2 atom stereocenters. The Morgan fingerprint density at radius 1 is 0.857 bits per heavy atom. The second-order valence-corrected chi connectivity index (χ2v) is 9.02. The zero-order valence-electron chi connectivity index (χ0n) is 13.9. The molecule has 1 aliphatic carbocycles. The minimum Gasteiger partial charge on any atom is -0.327 e. The van der Waals surface area contributed by atoms with E-state index < -0.39 is 9.84 Å². The van der Waals surface area contributed by atoms with Crippen molar-refractivity contribution in [2.24, 2.45) is 5.73 Å². The highest BCUT2D eigenvalue weighted by atomic mass is 32.2. The molecule has 1 saturated carbocycles. The molecule has 4 heteroatoms. The smallest absolute Gasteiger partial charge is 0.154 e. The average Bonchev–Trinajstić information content (AvgIpc) is 2.42. The fourth-order valence-electron chi connectivity index (χ4n) is 3.34. The van der Waals surface area contributed by atoms with Gasteiger partial charge >= 0.3 is 0 Å². The van der Waals surface area contributed by atoms with Gasteiger partial charge in [0, 0.05) is 6.04 Å². The number of hydrogen-bond acceptors (Lipinski definition) is 3. The molecule has 0 aromatic heterocycles. The molecule has 1 fully saturated rings. The molecule has 0 aromatic rings. The summed E-state index contributed by atoms with van der Waals surface area (Å²) >= 11 is 0. The van der Waals surface area contributed by atoms with Gasteiger partial charge in [-0.3, -0.25) is 0 Å². The lowest BCUT2D eigenvalue weighted by atomic mass is 9.98. The largest absolute Gasteiger partial charge is 0.327 e. The number of rotatable bonds is 5. The van der Waals surface area contributed by atoms with Crippen molar-refractivity contribution in [1.82, 2.24) is 0 Å². The standard InChI is InChI=1S/C17H35NO2S/c1-2-3-12-15-21(19,20)17-14-11-9-7-5-4-6-8-10-13-16(17)18/h16-17H,2-15,18H2,1H3. The quantitative estimate of drug-likeness (QED) is 0.773. The van der Waals surface area contributed by atoms with Gasteiger partial charge in [-0.15, -0.1) is 0 Å². The summed E-state index contributed by atoms with van der Waals surface area (Å²) in [6, 6.07) is -0.156. The van der Waals surface area contributed by atoms with Crippen LogP contribution >= 0.6 is 0 Å². The van der Waals surface area contributed by atoms with Crippen LogP contribution in [0.5, 0.6) is 0 Å². The van der Waals surface area contributed by atoms with Crippen LogP contribution < -0.4 is 5.73 Å². The number of hydrogen-bond donors (Lipinski definition) is 1. The van der Waals surface area contributed by atoms with Crippen LogP contribution in [0.4, 0.5) is 0 Å². The topological polar surface area (TPSA) is 60.2 Å². The van der Waals surface area contributed by atoms with Crippen molar-refractivity contribution in [2.45, 2.75) is 102 Å². The zero-order valence-corrected chi connectivity index (χ0v) is 14.7. The van der Waals surface area contributed by atoms with E-state index >= 15 is 0 Å². The molecule has 0 spiro atoms. The molecule has 0 saturated heterocycles. The van der Waals surface area contributed by atoms with Crippen molar-refractivity contribution >= 4 is 9.84 Å². The second kappa shape index (κ2) is 10.6. The van der Waals surface area contributed by atoms with E-state index in [0.29, 0.717) is 5.75 Å². The third kappa shape index (κ3) is 7.64. The molecule has 0 aliphatic heterocycles. The van der Waals surface area contributed by atoms with Crippen molar-refractivity contribution in [3.63, 3.8) is 0 Å². The second-order valence-electron chi connectivity index (χ2n) is 6.68. The Bertz CT molecular complexity index is 354. The Morgan fingerprint density at radius 2 is 1.38 bits per heavy atom. The van der Waals surface area contributed by atoms with E-state index in [1.54, 1.807) is 0 Å². The molecule has 0 radical (unpaired) electrons. The number of sulfone groups is 1. The summed E-state index contributed by atoms with van der Waals surface area (Å²) in [4.78, 5) is 0. The highest BCUT2D eigenvalue weighted by Gasteiger charge is 2.30. The van der Waals surface area contributed by atoms with Crippen molar-refractivity contribution < 1.29 is 8.42 Å². The first-order chi connectivity index (χ1) is 10.1. The molecule has 0 heterocycles. The summed E-state index contributed by atoms with van der Waals surface area (Å²) in [5, 5.41) is -0.297. The molecule has 21 heavy (non-hydrogen) atoms. The Morgan fingerprint density at radius 3 is 1.95 bits per heavy atom. The van der Waals surface area contributed by atoms with Crippen molar-refractivity contribution in [1.29, 1.82) is 0 Å². The van der Waals surface area contributed by atoms with Gasteiger partial charge in [-0.2, -0.15) is 0 Å². The van der Waals surface area contributed by atoms with Gasteiger partial charge in [0.05, 0.1) is 11.0 Å². The molecule has 0 amide bonds. The maximum atomic E-state index is 12.6. The molecular formula is C17H35NO2S. The fraction of sp³-hybridized carbons (Fsp3) is 1.00. The maximum Gasteiger partial charge on any atom is 0.154 e. The van der Waals surface area contributed by atoms with Gasteiger partial charge in [0.1, 0.15) is 0 Å². The maximum absolute atomic E-state index is 12.6. The lowest BCUT2D eigenvalue weighted by Gasteiger charge is -2.24. The van der Waals surface area contributed by atoms with Crippen molar-refractivity contribution in [3.05, 3.63) is 0 Å². The molecule has 126 valence electrons. The first-order valence-electron chi connectivity index (χ1n) is 9.05. The number of unbranched alkanes of at least 4 members (excludes halogenated alkanes) is 2.